The summed E-state index contributed by atoms with van der Waals surface area (Å²) in [6.07, 6.45) is 0.877. The van der Waals surface area contributed by atoms with Crippen molar-refractivity contribution in [3.63, 3.8) is 0 Å². The Hall–Kier alpha value is 0.250. The Morgan fingerprint density at radius 1 is 1.40 bits per heavy atom. The van der Waals surface area contributed by atoms with Crippen LogP contribution in [0, 0.1) is 6.92 Å². The molecule has 2 heterocycles. The van der Waals surface area contributed by atoms with Gasteiger partial charge in [-0.3, -0.25) is 0 Å². The Morgan fingerprint density at radius 3 is 2.70 bits per heavy atom. The average Bonchev–Trinajstić information content (AvgIpc) is 2.64. The smallest absolute Gasteiger partial charge is 0.207 e. The molecule has 0 amide bonds. The molecule has 114 valence electrons. The van der Waals surface area contributed by atoms with Gasteiger partial charge < -0.3 is 0 Å². The van der Waals surface area contributed by atoms with Crippen LogP contribution in [0.2, 0.25) is 0 Å². The third kappa shape index (κ3) is 3.53. The van der Waals surface area contributed by atoms with Crippen LogP contribution in [0.4, 0.5) is 0 Å². The highest BCUT2D eigenvalue weighted by Crippen LogP contribution is 2.34. The van der Waals surface area contributed by atoms with Crippen molar-refractivity contribution in [3.05, 3.63) is 15.8 Å². The number of rotatable bonds is 3. The molecule has 0 saturated carbocycles. The SMILES string of the molecule is Cc1sc(CCl)cc1S(=O)(=O)N1CCSC(C)(C)CC1. The van der Waals surface area contributed by atoms with Crippen LogP contribution >= 0.6 is 34.7 Å². The first-order chi connectivity index (χ1) is 9.26. The van der Waals surface area contributed by atoms with E-state index >= 15 is 0 Å². The lowest BCUT2D eigenvalue weighted by molar-refractivity contribution is 0.415. The number of thiophene rings is 1. The van der Waals surface area contributed by atoms with E-state index < -0.39 is 10.0 Å². The number of thioether (sulfide) groups is 1. The van der Waals surface area contributed by atoms with E-state index in [-0.39, 0.29) is 4.75 Å². The van der Waals surface area contributed by atoms with E-state index in [9.17, 15) is 8.42 Å². The molecule has 0 atom stereocenters. The van der Waals surface area contributed by atoms with Crippen molar-refractivity contribution in [1.82, 2.24) is 4.31 Å². The Labute approximate surface area is 134 Å². The van der Waals surface area contributed by atoms with Gasteiger partial charge in [0.05, 0.1) is 10.8 Å². The minimum Gasteiger partial charge on any atom is -0.207 e. The molecule has 0 unspecified atom stereocenters. The van der Waals surface area contributed by atoms with Crippen LogP contribution in [-0.4, -0.2) is 36.3 Å². The molecule has 2 rings (SSSR count). The first-order valence-electron chi connectivity index (χ1n) is 6.56. The van der Waals surface area contributed by atoms with Crippen LogP contribution in [0.15, 0.2) is 11.0 Å². The molecule has 1 aromatic rings. The Bertz CT molecular complexity index is 580. The third-order valence-corrected chi connectivity index (χ3v) is 8.49. The van der Waals surface area contributed by atoms with Crippen LogP contribution in [0.5, 0.6) is 0 Å². The maximum atomic E-state index is 12.8. The number of hydrogen-bond acceptors (Lipinski definition) is 4. The van der Waals surface area contributed by atoms with Gasteiger partial charge in [-0.2, -0.15) is 16.1 Å². The average molecular weight is 354 g/mol. The molecular weight excluding hydrogens is 334 g/mol. The van der Waals surface area contributed by atoms with Gasteiger partial charge >= 0.3 is 0 Å². The normalized spacial score (nSPS) is 20.8. The summed E-state index contributed by atoms with van der Waals surface area (Å²) in [5, 5.41) is 0. The molecule has 1 aliphatic heterocycles. The quantitative estimate of drug-likeness (QED) is 0.777. The summed E-state index contributed by atoms with van der Waals surface area (Å²) in [5.41, 5.74) is 0. The highest BCUT2D eigenvalue weighted by Gasteiger charge is 2.32. The first-order valence-corrected chi connectivity index (χ1v) is 10.3. The Kier molecular flexibility index (Phi) is 5.12. The van der Waals surface area contributed by atoms with Gasteiger partial charge in [-0.15, -0.1) is 22.9 Å². The predicted molar refractivity (Wildman–Crippen MR) is 88.5 cm³/mol. The number of nitrogens with zero attached hydrogens (tertiary/aromatic N) is 1. The summed E-state index contributed by atoms with van der Waals surface area (Å²) < 4.78 is 27.3. The molecule has 1 aliphatic rings. The largest absolute Gasteiger partial charge is 0.244 e. The van der Waals surface area contributed by atoms with Gasteiger partial charge in [0.1, 0.15) is 0 Å². The van der Waals surface area contributed by atoms with E-state index in [2.05, 4.69) is 13.8 Å². The fraction of sp³-hybridized carbons (Fsp3) is 0.692. The molecule has 20 heavy (non-hydrogen) atoms. The fourth-order valence-corrected chi connectivity index (χ4v) is 6.58. The molecule has 1 aromatic heterocycles. The second-order valence-corrected chi connectivity index (χ2v) is 10.8. The van der Waals surface area contributed by atoms with Gasteiger partial charge in [0.2, 0.25) is 10.0 Å². The van der Waals surface area contributed by atoms with Crippen molar-refractivity contribution in [1.29, 1.82) is 0 Å². The molecule has 0 spiro atoms. The van der Waals surface area contributed by atoms with Gasteiger partial charge in [0, 0.05) is 33.3 Å². The zero-order chi connectivity index (χ0) is 15.0. The van der Waals surface area contributed by atoms with E-state index in [0.29, 0.717) is 23.9 Å². The molecule has 0 aromatic carbocycles. The zero-order valence-electron chi connectivity index (χ0n) is 12.0. The number of hydrogen-bond donors (Lipinski definition) is 0. The van der Waals surface area contributed by atoms with E-state index in [4.69, 9.17) is 11.6 Å². The monoisotopic (exact) mass is 353 g/mol. The Morgan fingerprint density at radius 2 is 2.10 bits per heavy atom. The van der Waals surface area contributed by atoms with Gasteiger partial charge in [0.25, 0.3) is 0 Å². The highest BCUT2D eigenvalue weighted by atomic mass is 35.5. The number of aryl methyl sites for hydroxylation is 1. The minimum atomic E-state index is -3.38. The molecular formula is C13H20ClNO2S3. The highest BCUT2D eigenvalue weighted by molar-refractivity contribution is 8.00. The molecule has 0 radical (unpaired) electrons. The topological polar surface area (TPSA) is 37.4 Å². The van der Waals surface area contributed by atoms with Crippen LogP contribution in [-0.2, 0) is 15.9 Å². The zero-order valence-corrected chi connectivity index (χ0v) is 15.2. The maximum absolute atomic E-state index is 12.8. The predicted octanol–water partition coefficient (Wildman–Crippen LogP) is 3.70. The second kappa shape index (κ2) is 6.16. The van der Waals surface area contributed by atoms with E-state index in [1.54, 1.807) is 10.4 Å². The summed E-state index contributed by atoms with van der Waals surface area (Å²) in [6.45, 7) is 7.38. The minimum absolute atomic E-state index is 0.148. The third-order valence-electron chi connectivity index (χ3n) is 3.47. The van der Waals surface area contributed by atoms with Crippen LogP contribution in [0.25, 0.3) is 0 Å². The van der Waals surface area contributed by atoms with Crippen molar-refractivity contribution in [2.45, 2.75) is 42.7 Å². The first kappa shape index (κ1) is 16.6. The van der Waals surface area contributed by atoms with Gasteiger partial charge in [-0.1, -0.05) is 13.8 Å². The van der Waals surface area contributed by atoms with Crippen molar-refractivity contribution in [3.8, 4) is 0 Å². The van der Waals surface area contributed by atoms with Crippen molar-refractivity contribution < 1.29 is 8.42 Å². The lowest BCUT2D eigenvalue weighted by atomic mass is 10.1. The lowest BCUT2D eigenvalue weighted by Crippen LogP contribution is -2.33. The summed E-state index contributed by atoms with van der Waals surface area (Å²) in [6, 6.07) is 1.73. The van der Waals surface area contributed by atoms with E-state index in [0.717, 1.165) is 21.9 Å². The van der Waals surface area contributed by atoms with Gasteiger partial charge in [-0.25, -0.2) is 8.42 Å². The van der Waals surface area contributed by atoms with Crippen molar-refractivity contribution in [2.75, 3.05) is 18.8 Å². The van der Waals surface area contributed by atoms with Gasteiger partial charge in [-0.05, 0) is 19.4 Å². The van der Waals surface area contributed by atoms with E-state index in [1.807, 2.05) is 18.7 Å². The van der Waals surface area contributed by atoms with Crippen LogP contribution < -0.4 is 0 Å². The maximum Gasteiger partial charge on any atom is 0.244 e. The van der Waals surface area contributed by atoms with Gasteiger partial charge in [0.15, 0.2) is 0 Å². The molecule has 3 nitrogen and oxygen atoms in total. The number of sulfonamides is 1. The molecule has 0 N–H and O–H groups in total. The molecule has 0 bridgehead atoms. The second-order valence-electron chi connectivity index (χ2n) is 5.53. The Balaban J connectivity index is 2.28. The molecule has 7 heteroatoms. The summed E-state index contributed by atoms with van der Waals surface area (Å²) in [7, 11) is -3.38. The molecule has 0 aliphatic carbocycles. The fourth-order valence-electron chi connectivity index (χ4n) is 2.23. The van der Waals surface area contributed by atoms with Crippen molar-refractivity contribution in [2.24, 2.45) is 0 Å². The number of alkyl halides is 1. The summed E-state index contributed by atoms with van der Waals surface area (Å²) in [5.74, 6) is 1.21. The van der Waals surface area contributed by atoms with Crippen LogP contribution in [0.3, 0.4) is 0 Å². The van der Waals surface area contributed by atoms with Crippen LogP contribution in [0.1, 0.15) is 30.0 Å². The molecule has 1 saturated heterocycles. The summed E-state index contributed by atoms with van der Waals surface area (Å²) >= 11 is 9.12. The van der Waals surface area contributed by atoms with E-state index in [1.165, 1.54) is 11.3 Å². The lowest BCUT2D eigenvalue weighted by Gasteiger charge is -2.22. The van der Waals surface area contributed by atoms with Crippen molar-refractivity contribution >= 4 is 44.7 Å². The molecule has 1 fully saturated rings. The summed E-state index contributed by atoms with van der Waals surface area (Å²) in [4.78, 5) is 2.17. The number of halogens is 1. The standard InChI is InChI=1S/C13H20ClNO2S3/c1-10-12(8-11(9-14)19-10)20(16,17)15-5-4-13(2,3)18-7-6-15/h8H,4-7,9H2,1-3H3.